The first-order valence-electron chi connectivity index (χ1n) is 15.1. The number of para-hydroxylation sites is 1. The van der Waals surface area contributed by atoms with E-state index in [9.17, 15) is 39.3 Å². The van der Waals surface area contributed by atoms with Crippen LogP contribution in [0.4, 0.5) is 5.13 Å². The summed E-state index contributed by atoms with van der Waals surface area (Å²) in [7, 11) is 0. The zero-order chi connectivity index (χ0) is 36.0. The van der Waals surface area contributed by atoms with Crippen LogP contribution in [0.3, 0.4) is 0 Å². The number of carbonyl (C=O) groups excluding carboxylic acids is 4. The summed E-state index contributed by atoms with van der Waals surface area (Å²) in [6.45, 7) is 0.177. The van der Waals surface area contributed by atoms with Crippen molar-refractivity contribution in [1.29, 1.82) is 0 Å². The van der Waals surface area contributed by atoms with Crippen LogP contribution in [0.25, 0.3) is 21.8 Å². The molecule has 3 atom stereocenters. The molecule has 5 N–H and O–H groups in total. The number of nitrogens with two attached hydrogens (primary N) is 1. The number of thiazole rings is 1. The first-order valence-corrected chi connectivity index (χ1v) is 17.0. The number of phenolic OH excluding ortho intramolecular Hbond substituents is 1. The SMILES string of the molecule is Nc1nc(/C(=N/OC(C(=O)[O-])c2ccc(O)c3[nH]c(=O)ccc23)C(=O)N[C@@H]2C(=O)N3C(C(=O)[O-])=C(C[n+]4cccc5ccccc54)CSC23)cs1.[Na+]. The van der Waals surface area contributed by atoms with E-state index in [2.05, 4.69) is 20.4 Å². The van der Waals surface area contributed by atoms with Crippen LogP contribution < -0.4 is 60.9 Å². The number of rotatable bonds is 10. The number of amides is 2. The number of aromatic amines is 1. The van der Waals surface area contributed by atoms with Gasteiger partial charge in [0.15, 0.2) is 29.7 Å². The van der Waals surface area contributed by atoms with Gasteiger partial charge in [0.1, 0.15) is 22.9 Å². The molecule has 5 heterocycles. The normalized spacial score (nSPS) is 17.6. The molecule has 1 saturated heterocycles. The second-order valence-corrected chi connectivity index (χ2v) is 13.4. The number of hydrogen-bond acceptors (Lipinski definition) is 14. The van der Waals surface area contributed by atoms with Crippen LogP contribution in [0.1, 0.15) is 17.4 Å². The number of fused-ring (bicyclic) bond motifs is 3. The smallest absolute Gasteiger partial charge is 0.546 e. The van der Waals surface area contributed by atoms with Crippen molar-refractivity contribution in [2.75, 3.05) is 11.5 Å². The van der Waals surface area contributed by atoms with E-state index < -0.39 is 52.5 Å². The van der Waals surface area contributed by atoms with Crippen molar-refractivity contribution in [2.45, 2.75) is 24.1 Å². The minimum Gasteiger partial charge on any atom is -0.546 e. The molecule has 0 saturated carbocycles. The maximum Gasteiger partial charge on any atom is 1.00 e. The molecule has 7 rings (SSSR count). The maximum atomic E-state index is 13.7. The molecule has 52 heavy (non-hydrogen) atoms. The molecule has 0 bridgehead atoms. The van der Waals surface area contributed by atoms with Crippen LogP contribution in [0.5, 0.6) is 5.75 Å². The number of H-pyrrole nitrogens is 1. The minimum atomic E-state index is -1.94. The maximum absolute atomic E-state index is 13.7. The van der Waals surface area contributed by atoms with Gasteiger partial charge in [0.25, 0.3) is 11.8 Å². The molecule has 2 unspecified atom stereocenters. The van der Waals surface area contributed by atoms with Gasteiger partial charge in [0, 0.05) is 51.2 Å². The topological polar surface area (TPSA) is 247 Å². The largest absolute Gasteiger partial charge is 1.00 e. The monoisotopic (exact) mass is 749 g/mol. The second-order valence-electron chi connectivity index (χ2n) is 11.4. The zero-order valence-corrected chi connectivity index (χ0v) is 30.6. The van der Waals surface area contributed by atoms with Crippen LogP contribution >= 0.6 is 23.1 Å². The van der Waals surface area contributed by atoms with Crippen molar-refractivity contribution in [1.82, 2.24) is 20.2 Å². The number of thioether (sulfide) groups is 1. The Morgan fingerprint density at radius 1 is 1.13 bits per heavy atom. The summed E-state index contributed by atoms with van der Waals surface area (Å²) in [5.74, 6) is -5.13. The third-order valence-corrected chi connectivity index (χ3v) is 10.3. The number of aliphatic carboxylic acids is 2. The van der Waals surface area contributed by atoms with E-state index in [1.54, 1.807) is 0 Å². The Bertz CT molecular complexity index is 2410. The van der Waals surface area contributed by atoms with E-state index in [0.29, 0.717) is 5.57 Å². The Kier molecular flexibility index (Phi) is 10.4. The summed E-state index contributed by atoms with van der Waals surface area (Å²) in [6.07, 6.45) is -0.134. The van der Waals surface area contributed by atoms with Crippen LogP contribution in [-0.4, -0.2) is 66.6 Å². The third-order valence-electron chi connectivity index (χ3n) is 8.31. The molecular weight excluding hydrogens is 726 g/mol. The molecule has 0 aliphatic carbocycles. The van der Waals surface area contributed by atoms with Gasteiger partial charge in [-0.2, -0.15) is 4.57 Å². The summed E-state index contributed by atoms with van der Waals surface area (Å²) in [6, 6.07) is 14.9. The average Bonchev–Trinajstić information content (AvgIpc) is 3.54. The molecule has 2 amide bonds. The Morgan fingerprint density at radius 2 is 1.90 bits per heavy atom. The Hall–Kier alpha value is -5.27. The predicted molar refractivity (Wildman–Crippen MR) is 179 cm³/mol. The molecule has 16 nitrogen and oxygen atoms in total. The number of nitrogens with zero attached hydrogens (tertiary/aromatic N) is 4. The van der Waals surface area contributed by atoms with Crippen molar-refractivity contribution >= 4 is 79.5 Å². The number of aromatic nitrogens is 3. The van der Waals surface area contributed by atoms with Gasteiger partial charge in [-0.05, 0) is 24.3 Å². The Morgan fingerprint density at radius 3 is 2.63 bits per heavy atom. The molecule has 258 valence electrons. The second kappa shape index (κ2) is 14.8. The van der Waals surface area contributed by atoms with E-state index in [0.717, 1.165) is 39.3 Å². The van der Waals surface area contributed by atoms with E-state index in [1.807, 2.05) is 47.2 Å². The number of benzene rings is 2. The average molecular weight is 750 g/mol. The van der Waals surface area contributed by atoms with Gasteiger partial charge in [-0.1, -0.05) is 23.4 Å². The van der Waals surface area contributed by atoms with Gasteiger partial charge in [-0.15, -0.1) is 23.1 Å². The van der Waals surface area contributed by atoms with Crippen molar-refractivity contribution in [3.63, 3.8) is 0 Å². The molecular formula is C33H24N7NaO9S2. The number of oxime groups is 1. The van der Waals surface area contributed by atoms with Crippen LogP contribution in [0.2, 0.25) is 0 Å². The molecule has 2 aliphatic rings. The van der Waals surface area contributed by atoms with Gasteiger partial charge in [-0.3, -0.25) is 19.3 Å². The van der Waals surface area contributed by atoms with Gasteiger partial charge >= 0.3 is 29.6 Å². The van der Waals surface area contributed by atoms with Gasteiger partial charge in [-0.25, -0.2) is 4.98 Å². The fourth-order valence-electron chi connectivity index (χ4n) is 5.99. The molecule has 0 radical (unpaired) electrons. The Labute approximate surface area is 322 Å². The molecule has 0 spiro atoms. The first kappa shape index (κ1) is 36.5. The molecule has 3 aromatic heterocycles. The summed E-state index contributed by atoms with van der Waals surface area (Å²) in [5.41, 5.74) is 5.49. The number of hydrogen-bond donors (Lipinski definition) is 4. The number of pyridine rings is 2. The molecule has 19 heteroatoms. The zero-order valence-electron chi connectivity index (χ0n) is 27.0. The summed E-state index contributed by atoms with van der Waals surface area (Å²) in [5, 5.41) is 42.9. The van der Waals surface area contributed by atoms with Crippen LogP contribution in [0.15, 0.2) is 93.5 Å². The Balaban J connectivity index is 0.00000464. The number of carbonyl (C=O) groups is 4. The summed E-state index contributed by atoms with van der Waals surface area (Å²) >= 11 is 2.20. The summed E-state index contributed by atoms with van der Waals surface area (Å²) < 4.78 is 1.88. The van der Waals surface area contributed by atoms with Gasteiger partial charge in [0.2, 0.25) is 11.1 Å². The molecule has 5 aromatic rings. The molecule has 2 aliphatic heterocycles. The van der Waals surface area contributed by atoms with E-state index >= 15 is 0 Å². The number of nitrogen functional groups attached to an aromatic ring is 1. The number of nitrogens with one attached hydrogen (secondary N) is 2. The van der Waals surface area contributed by atoms with E-state index in [1.165, 1.54) is 29.3 Å². The first-order chi connectivity index (χ1) is 24.5. The number of β-lactam (4-membered cyclic amide) rings is 1. The van der Waals surface area contributed by atoms with Crippen molar-refractivity contribution < 1.29 is 73.5 Å². The standard InChI is InChI=1S/C33H25N7O9S2.Na/c34-33-35-19(14-51-33)24(38-49-27(32(47)48)18-7-9-21(41)23-17(18)8-10-22(42)36-23)28(43)37-25-29(44)40-26(31(45)46)16(13-50-30(25)40)12-39-11-3-5-15-4-1-2-6-20(15)39;/h1-11,14,25,27,30H,12-13H2,(H6-,34,35,36,37,38,41,42,43,45,46,47,48);/q;+1/p-1/t25-,27?,30?;/m1./s1. The number of carboxylic acids is 2. The van der Waals surface area contributed by atoms with Gasteiger partial charge < -0.3 is 45.8 Å². The van der Waals surface area contributed by atoms with Crippen molar-refractivity contribution in [2.24, 2.45) is 5.16 Å². The number of anilines is 1. The summed E-state index contributed by atoms with van der Waals surface area (Å²) in [4.78, 5) is 76.5. The van der Waals surface area contributed by atoms with Crippen molar-refractivity contribution in [3.05, 3.63) is 105 Å². The van der Waals surface area contributed by atoms with Gasteiger partial charge in [0.05, 0.1) is 23.2 Å². The molecule has 2 aromatic carbocycles. The van der Waals surface area contributed by atoms with Crippen LogP contribution in [0, 0.1) is 0 Å². The fourth-order valence-corrected chi connectivity index (χ4v) is 7.87. The molecule has 1 fully saturated rings. The third kappa shape index (κ3) is 6.73. The number of phenols is 1. The number of aromatic hydroxyl groups is 1. The van der Waals surface area contributed by atoms with E-state index in [4.69, 9.17) is 10.6 Å². The predicted octanol–water partition coefficient (Wildman–Crippen LogP) is -3.97. The minimum absolute atomic E-state index is 0. The quantitative estimate of drug-likeness (QED) is 0.0351. The number of carboxylic acid groups (broad SMARTS) is 2. The van der Waals surface area contributed by atoms with E-state index in [-0.39, 0.29) is 80.6 Å². The fraction of sp³-hybridized carbons (Fsp3) is 0.152. The van der Waals surface area contributed by atoms with Crippen LogP contribution in [-0.2, 0) is 30.6 Å². The van der Waals surface area contributed by atoms with Crippen molar-refractivity contribution in [3.8, 4) is 5.75 Å².